The molecule has 46 heavy (non-hydrogen) atoms. The maximum Gasteiger partial charge on any atom is 0.313 e. The van der Waals surface area contributed by atoms with E-state index in [2.05, 4.69) is 0 Å². The number of carbonyl (C=O) groups excluding carboxylic acids is 5. The lowest BCUT2D eigenvalue weighted by Gasteiger charge is -2.14. The molecule has 2 aliphatic heterocycles. The Morgan fingerprint density at radius 2 is 0.913 bits per heavy atom. The molecule has 0 fully saturated rings. The minimum atomic E-state index is -0.711. The fourth-order valence-electron chi connectivity index (χ4n) is 3.65. The highest BCUT2D eigenvalue weighted by Crippen LogP contribution is 2.14. The van der Waals surface area contributed by atoms with Crippen LogP contribution in [0.2, 0.25) is 0 Å². The Bertz CT molecular complexity index is 985. The summed E-state index contributed by atoms with van der Waals surface area (Å²) in [6.45, 7) is 4.82. The predicted molar refractivity (Wildman–Crippen MR) is 155 cm³/mol. The van der Waals surface area contributed by atoms with E-state index in [1.807, 2.05) is 0 Å². The summed E-state index contributed by atoms with van der Waals surface area (Å²) < 4.78 is 47.6. The summed E-state index contributed by atoms with van der Waals surface area (Å²) in [4.78, 5) is 61.2. The van der Waals surface area contributed by atoms with Gasteiger partial charge >= 0.3 is 5.97 Å². The molecule has 0 radical (unpaired) electrons. The van der Waals surface area contributed by atoms with Crippen molar-refractivity contribution in [1.82, 2.24) is 9.80 Å². The molecule has 2 rings (SSSR count). The fourth-order valence-corrected chi connectivity index (χ4v) is 3.65. The summed E-state index contributed by atoms with van der Waals surface area (Å²) in [5.74, 6) is -3.00. The second-order valence-corrected chi connectivity index (χ2v) is 9.31. The molecule has 0 bridgehead atoms. The topological polar surface area (TPSA) is 195 Å². The molecule has 0 saturated heterocycles. The molecule has 0 aromatic rings. The van der Waals surface area contributed by atoms with Crippen molar-refractivity contribution in [3.05, 3.63) is 24.0 Å². The molecule has 0 unspecified atom stereocenters. The molecule has 1 N–H and O–H groups in total. The van der Waals surface area contributed by atoms with Gasteiger partial charge in [0.1, 0.15) is 0 Å². The van der Waals surface area contributed by atoms with Gasteiger partial charge in [-0.1, -0.05) is 0 Å². The normalized spacial score (nSPS) is 14.7. The molecular formula is C29H44N2O15. The first-order valence-electron chi connectivity index (χ1n) is 15.0. The van der Waals surface area contributed by atoms with Crippen molar-refractivity contribution in [3.8, 4) is 0 Å². The Kier molecular flexibility index (Phi) is 21.2. The van der Waals surface area contributed by atoms with Gasteiger partial charge in [-0.3, -0.25) is 33.8 Å². The van der Waals surface area contributed by atoms with Crippen LogP contribution in [0.4, 0.5) is 0 Å². The van der Waals surface area contributed by atoms with Crippen LogP contribution >= 0.6 is 0 Å². The summed E-state index contributed by atoms with van der Waals surface area (Å²) in [5.41, 5.74) is 0. The fraction of sp³-hybridized carbons (Fsp3) is 0.690. The molecule has 0 saturated carbocycles. The Morgan fingerprint density at radius 1 is 0.522 bits per heavy atom. The minimum absolute atomic E-state index is 0.00156. The first-order valence-corrected chi connectivity index (χ1v) is 15.0. The summed E-state index contributed by atoms with van der Waals surface area (Å²) in [7, 11) is 0. The molecule has 2 heterocycles. The summed E-state index contributed by atoms with van der Waals surface area (Å²) in [6, 6.07) is 0. The van der Waals surface area contributed by atoms with Gasteiger partial charge in [0.15, 0.2) is 0 Å². The average Bonchev–Trinajstić information content (AvgIpc) is 3.50. The summed E-state index contributed by atoms with van der Waals surface area (Å²) >= 11 is 0. The lowest BCUT2D eigenvalue weighted by atomic mass is 10.4. The van der Waals surface area contributed by atoms with Gasteiger partial charge in [0.2, 0.25) is 5.76 Å². The highest BCUT2D eigenvalue weighted by molar-refractivity contribution is 6.15. The number of amides is 4. The number of carbonyl (C=O) groups is 5. The van der Waals surface area contributed by atoms with E-state index in [1.54, 1.807) is 0 Å². The zero-order valence-electron chi connectivity index (χ0n) is 25.9. The molecule has 260 valence electrons. The number of esters is 1. The number of imide groups is 2. The van der Waals surface area contributed by atoms with Crippen LogP contribution < -0.4 is 0 Å². The zero-order valence-corrected chi connectivity index (χ0v) is 25.9. The van der Waals surface area contributed by atoms with Crippen LogP contribution in [0.15, 0.2) is 24.0 Å². The van der Waals surface area contributed by atoms with Crippen molar-refractivity contribution in [2.75, 3.05) is 125 Å². The number of rotatable bonds is 30. The number of hydrogen-bond acceptors (Lipinski definition) is 15. The smallest absolute Gasteiger partial charge is 0.313 e. The highest BCUT2D eigenvalue weighted by Gasteiger charge is 2.33. The average molecular weight is 661 g/mol. The third kappa shape index (κ3) is 17.0. The van der Waals surface area contributed by atoms with Gasteiger partial charge in [-0.25, -0.2) is 0 Å². The van der Waals surface area contributed by atoms with Crippen molar-refractivity contribution < 1.29 is 71.7 Å². The van der Waals surface area contributed by atoms with Gasteiger partial charge in [0.05, 0.1) is 138 Å². The van der Waals surface area contributed by atoms with Gasteiger partial charge in [-0.2, -0.15) is 0 Å². The highest BCUT2D eigenvalue weighted by atomic mass is 16.6. The van der Waals surface area contributed by atoms with E-state index in [0.29, 0.717) is 59.5 Å². The summed E-state index contributed by atoms with van der Waals surface area (Å²) in [5, 5.41) is 8.62. The van der Waals surface area contributed by atoms with Crippen LogP contribution in [-0.4, -0.2) is 170 Å². The van der Waals surface area contributed by atoms with E-state index in [-0.39, 0.29) is 89.9 Å². The second kappa shape index (κ2) is 25.0. The maximum absolute atomic E-state index is 12.3. The molecule has 0 atom stereocenters. The van der Waals surface area contributed by atoms with Crippen LogP contribution in [-0.2, 0) is 66.6 Å². The van der Waals surface area contributed by atoms with Crippen LogP contribution in [0.1, 0.15) is 6.42 Å². The first kappa shape index (κ1) is 39.1. The zero-order chi connectivity index (χ0) is 33.2. The Morgan fingerprint density at radius 3 is 1.37 bits per heavy atom. The maximum atomic E-state index is 12.3. The lowest BCUT2D eigenvalue weighted by Crippen LogP contribution is -2.35. The van der Waals surface area contributed by atoms with Crippen molar-refractivity contribution in [1.29, 1.82) is 0 Å². The number of aliphatic hydroxyl groups excluding tert-OH is 1. The van der Waals surface area contributed by atoms with Crippen molar-refractivity contribution in [2.45, 2.75) is 6.42 Å². The first-order chi connectivity index (χ1) is 22.4. The molecule has 0 spiro atoms. The second-order valence-electron chi connectivity index (χ2n) is 9.31. The van der Waals surface area contributed by atoms with Crippen LogP contribution in [0.3, 0.4) is 0 Å². The predicted octanol–water partition coefficient (Wildman–Crippen LogP) is -1.78. The van der Waals surface area contributed by atoms with Gasteiger partial charge in [-0.15, -0.1) is 0 Å². The Labute approximate surface area is 267 Å². The van der Waals surface area contributed by atoms with Crippen LogP contribution in [0.5, 0.6) is 0 Å². The molecule has 17 heteroatoms. The van der Waals surface area contributed by atoms with Crippen LogP contribution in [0, 0.1) is 0 Å². The lowest BCUT2D eigenvalue weighted by molar-refractivity contribution is -0.147. The van der Waals surface area contributed by atoms with E-state index < -0.39 is 17.8 Å². The third-order valence-electron chi connectivity index (χ3n) is 5.94. The van der Waals surface area contributed by atoms with Crippen molar-refractivity contribution >= 4 is 29.6 Å². The van der Waals surface area contributed by atoms with Crippen molar-refractivity contribution in [3.63, 3.8) is 0 Å². The van der Waals surface area contributed by atoms with Gasteiger partial charge in [0.25, 0.3) is 23.6 Å². The molecule has 2 aliphatic rings. The number of hydrogen-bond donors (Lipinski definition) is 1. The van der Waals surface area contributed by atoms with E-state index >= 15 is 0 Å². The van der Waals surface area contributed by atoms with Crippen LogP contribution in [0.25, 0.3) is 0 Å². The van der Waals surface area contributed by atoms with E-state index in [9.17, 15) is 24.0 Å². The largest absolute Gasteiger partial charge is 0.420 e. The Hall–Kier alpha value is -3.13. The molecular weight excluding hydrogens is 616 g/mol. The number of ether oxygens (including phenoxy) is 9. The standard InChI is InChI=1S/C29H44N2O15/c32-6-10-41-14-12-40-9-5-31-27(35)23-24(29(31)37)46-28(36)3-7-38-11-15-42-17-19-44-21-22-45-20-18-43-16-13-39-8-4-30-25(33)1-2-26(30)34/h1-2,23,32H,3-22H2. The molecule has 0 aromatic heterocycles. The number of aliphatic hydroxyl groups is 1. The van der Waals surface area contributed by atoms with E-state index in [1.165, 1.54) is 12.2 Å². The molecule has 17 nitrogen and oxygen atoms in total. The van der Waals surface area contributed by atoms with Gasteiger partial charge < -0.3 is 47.7 Å². The van der Waals surface area contributed by atoms with Gasteiger partial charge in [0, 0.05) is 12.2 Å². The van der Waals surface area contributed by atoms with Crippen molar-refractivity contribution in [2.24, 2.45) is 0 Å². The quantitative estimate of drug-likeness (QED) is 0.0516. The minimum Gasteiger partial charge on any atom is -0.420 e. The number of nitrogens with zero attached hydrogens (tertiary/aromatic N) is 2. The summed E-state index contributed by atoms with van der Waals surface area (Å²) in [6.07, 6.45) is 3.33. The van der Waals surface area contributed by atoms with E-state index in [4.69, 9.17) is 47.7 Å². The molecule has 4 amide bonds. The Balaban J connectivity index is 1.30. The molecule has 0 aliphatic carbocycles. The monoisotopic (exact) mass is 660 g/mol. The van der Waals surface area contributed by atoms with Gasteiger partial charge in [-0.05, 0) is 0 Å². The molecule has 0 aromatic carbocycles. The van der Waals surface area contributed by atoms with E-state index in [0.717, 1.165) is 15.9 Å². The third-order valence-corrected chi connectivity index (χ3v) is 5.94. The SMILES string of the molecule is O=C(CCOCCOCCOCCOCCOCCOCCN1C(=O)C=CC1=O)OC1=CC(=O)N(CCOCCOCCO)C1=O.